The maximum Gasteiger partial charge on any atom is 0.410 e. The Bertz CT molecular complexity index is 1290. The van der Waals surface area contributed by atoms with Crippen LogP contribution < -0.4 is 0 Å². The highest BCUT2D eigenvalue weighted by Crippen LogP contribution is 2.38. The Morgan fingerprint density at radius 1 is 1.12 bits per heavy atom. The normalized spacial score (nSPS) is 16.2. The van der Waals surface area contributed by atoms with Crippen LogP contribution >= 0.6 is 11.3 Å². The van der Waals surface area contributed by atoms with Gasteiger partial charge < -0.3 is 4.74 Å². The number of carbonyl (C=O) groups excluding carboxylic acids is 1. The third-order valence-corrected chi connectivity index (χ3v) is 6.55. The quantitative estimate of drug-likeness (QED) is 0.381. The summed E-state index contributed by atoms with van der Waals surface area (Å²) in [5.74, 6) is 0. The average Bonchev–Trinajstić information content (AvgIpc) is 3.36. The lowest BCUT2D eigenvalue weighted by Crippen LogP contribution is -2.47. The van der Waals surface area contributed by atoms with Crippen LogP contribution in [-0.4, -0.2) is 37.4 Å². The fourth-order valence-electron chi connectivity index (χ4n) is 4.17. The van der Waals surface area contributed by atoms with E-state index in [1.165, 1.54) is 10.1 Å². The van der Waals surface area contributed by atoms with E-state index in [4.69, 9.17) is 9.84 Å². The first-order valence-corrected chi connectivity index (χ1v) is 11.7. The van der Waals surface area contributed by atoms with E-state index in [2.05, 4.69) is 39.3 Å². The van der Waals surface area contributed by atoms with Gasteiger partial charge in [-0.05, 0) is 68.3 Å². The summed E-state index contributed by atoms with van der Waals surface area (Å²) >= 11 is 1.73. The van der Waals surface area contributed by atoms with Crippen LogP contribution in [0.5, 0.6) is 0 Å². The molecule has 1 aliphatic rings. The van der Waals surface area contributed by atoms with E-state index in [0.29, 0.717) is 13.1 Å². The summed E-state index contributed by atoms with van der Waals surface area (Å²) < 4.78 is 8.97. The van der Waals surface area contributed by atoms with Crippen LogP contribution in [0.4, 0.5) is 4.79 Å². The van der Waals surface area contributed by atoms with E-state index in [1.54, 1.807) is 28.6 Å². The standard InChI is InChI=1S/C25H26N4O2S/c1-16-14-29-20(15-28(16)24(30)31-25(2,3)4)22(18-7-10-26-11-8-18)23(27-29)19-6-5-17-9-12-32-21(17)13-19/h5-13,16H,14-15H2,1-4H3. The van der Waals surface area contributed by atoms with Crippen molar-refractivity contribution < 1.29 is 9.53 Å². The van der Waals surface area contributed by atoms with E-state index in [1.807, 2.05) is 39.8 Å². The molecule has 32 heavy (non-hydrogen) atoms. The zero-order chi connectivity index (χ0) is 22.5. The van der Waals surface area contributed by atoms with Crippen LogP contribution in [0, 0.1) is 0 Å². The molecule has 5 rings (SSSR count). The van der Waals surface area contributed by atoms with E-state index in [0.717, 1.165) is 28.1 Å². The van der Waals surface area contributed by atoms with Crippen molar-refractivity contribution in [2.24, 2.45) is 0 Å². The molecule has 0 saturated carbocycles. The van der Waals surface area contributed by atoms with Crippen molar-refractivity contribution in [2.45, 2.75) is 52.4 Å². The number of ether oxygens (including phenoxy) is 1. The van der Waals surface area contributed by atoms with Gasteiger partial charge in [0.25, 0.3) is 0 Å². The summed E-state index contributed by atoms with van der Waals surface area (Å²) in [4.78, 5) is 18.9. The molecule has 0 saturated heterocycles. The topological polar surface area (TPSA) is 60.2 Å². The first-order valence-electron chi connectivity index (χ1n) is 10.8. The molecule has 0 aliphatic carbocycles. The van der Waals surface area contributed by atoms with Crippen molar-refractivity contribution >= 4 is 27.5 Å². The molecule has 0 spiro atoms. The van der Waals surface area contributed by atoms with Gasteiger partial charge in [-0.25, -0.2) is 4.79 Å². The summed E-state index contributed by atoms with van der Waals surface area (Å²) in [6.07, 6.45) is 3.30. The Morgan fingerprint density at radius 2 is 1.91 bits per heavy atom. The number of pyridine rings is 1. The molecule has 1 amide bonds. The lowest BCUT2D eigenvalue weighted by atomic mass is 9.98. The molecule has 7 heteroatoms. The molecule has 0 fully saturated rings. The predicted octanol–water partition coefficient (Wildman–Crippen LogP) is 5.97. The highest BCUT2D eigenvalue weighted by Gasteiger charge is 2.34. The van der Waals surface area contributed by atoms with Crippen LogP contribution in [0.3, 0.4) is 0 Å². The zero-order valence-electron chi connectivity index (χ0n) is 18.7. The Balaban J connectivity index is 1.63. The summed E-state index contributed by atoms with van der Waals surface area (Å²) in [6.45, 7) is 8.79. The van der Waals surface area contributed by atoms with Crippen molar-refractivity contribution in [1.29, 1.82) is 0 Å². The van der Waals surface area contributed by atoms with Crippen LogP contribution in [0.25, 0.3) is 32.5 Å². The van der Waals surface area contributed by atoms with Gasteiger partial charge in [-0.1, -0.05) is 12.1 Å². The number of hydrogen-bond acceptors (Lipinski definition) is 5. The molecule has 6 nitrogen and oxygen atoms in total. The number of aromatic nitrogens is 3. The van der Waals surface area contributed by atoms with Crippen molar-refractivity contribution in [3.8, 4) is 22.4 Å². The molecule has 0 N–H and O–H groups in total. The smallest absolute Gasteiger partial charge is 0.410 e. The van der Waals surface area contributed by atoms with Crippen LogP contribution in [0.1, 0.15) is 33.4 Å². The first kappa shape index (κ1) is 20.7. The summed E-state index contributed by atoms with van der Waals surface area (Å²) in [5.41, 5.74) is 4.57. The van der Waals surface area contributed by atoms with E-state index in [-0.39, 0.29) is 12.1 Å². The molecular weight excluding hydrogens is 420 g/mol. The third-order valence-electron chi connectivity index (χ3n) is 5.67. The number of nitrogens with zero attached hydrogens (tertiary/aromatic N) is 4. The molecule has 4 heterocycles. The molecule has 0 radical (unpaired) electrons. The van der Waals surface area contributed by atoms with Gasteiger partial charge in [0.1, 0.15) is 11.3 Å². The summed E-state index contributed by atoms with van der Waals surface area (Å²) in [5, 5.41) is 8.37. The fourth-order valence-corrected chi connectivity index (χ4v) is 4.99. The molecule has 1 unspecified atom stereocenters. The maximum atomic E-state index is 12.9. The maximum absolute atomic E-state index is 12.9. The minimum absolute atomic E-state index is 0.0184. The average molecular weight is 447 g/mol. The Morgan fingerprint density at radius 3 is 2.66 bits per heavy atom. The number of hydrogen-bond donors (Lipinski definition) is 0. The van der Waals surface area contributed by atoms with Gasteiger partial charge in [0, 0.05) is 28.2 Å². The van der Waals surface area contributed by atoms with Crippen molar-refractivity contribution in [2.75, 3.05) is 0 Å². The Hall–Kier alpha value is -3.19. The summed E-state index contributed by atoms with van der Waals surface area (Å²) in [6, 6.07) is 12.6. The van der Waals surface area contributed by atoms with Gasteiger partial charge >= 0.3 is 6.09 Å². The molecule has 0 bridgehead atoms. The number of fused-ring (bicyclic) bond motifs is 2. The minimum Gasteiger partial charge on any atom is -0.444 e. The van der Waals surface area contributed by atoms with Gasteiger partial charge in [-0.15, -0.1) is 11.3 Å². The van der Waals surface area contributed by atoms with Crippen molar-refractivity contribution in [1.82, 2.24) is 19.7 Å². The van der Waals surface area contributed by atoms with Crippen LogP contribution in [-0.2, 0) is 17.8 Å². The number of rotatable bonds is 2. The lowest BCUT2D eigenvalue weighted by molar-refractivity contribution is 0.00914. The second kappa shape index (κ2) is 7.74. The van der Waals surface area contributed by atoms with Gasteiger partial charge in [-0.3, -0.25) is 14.6 Å². The largest absolute Gasteiger partial charge is 0.444 e. The number of thiophene rings is 1. The van der Waals surface area contributed by atoms with Gasteiger partial charge in [0.05, 0.1) is 24.8 Å². The number of amides is 1. The Kier molecular flexibility index (Phi) is 5.01. The number of carbonyl (C=O) groups is 1. The predicted molar refractivity (Wildman–Crippen MR) is 128 cm³/mol. The summed E-state index contributed by atoms with van der Waals surface area (Å²) in [7, 11) is 0. The zero-order valence-corrected chi connectivity index (χ0v) is 19.5. The lowest BCUT2D eigenvalue weighted by Gasteiger charge is -2.35. The molecule has 164 valence electrons. The van der Waals surface area contributed by atoms with Crippen molar-refractivity contribution in [3.63, 3.8) is 0 Å². The molecule has 1 aliphatic heterocycles. The molecule has 1 aromatic carbocycles. The molecule has 3 aromatic heterocycles. The Labute approximate surface area is 191 Å². The van der Waals surface area contributed by atoms with Gasteiger partial charge in [0.15, 0.2) is 0 Å². The van der Waals surface area contributed by atoms with Gasteiger partial charge in [-0.2, -0.15) is 5.10 Å². The molecule has 4 aromatic rings. The van der Waals surface area contributed by atoms with Crippen LogP contribution in [0.2, 0.25) is 0 Å². The second-order valence-corrected chi connectivity index (χ2v) is 10.2. The second-order valence-electron chi connectivity index (χ2n) is 9.22. The third kappa shape index (κ3) is 3.77. The highest BCUT2D eigenvalue weighted by atomic mass is 32.1. The molecular formula is C25H26N4O2S. The fraction of sp³-hybridized carbons (Fsp3) is 0.320. The highest BCUT2D eigenvalue weighted by molar-refractivity contribution is 7.17. The van der Waals surface area contributed by atoms with E-state index in [9.17, 15) is 4.79 Å². The van der Waals surface area contributed by atoms with E-state index >= 15 is 0 Å². The monoisotopic (exact) mass is 446 g/mol. The first-order chi connectivity index (χ1) is 15.3. The van der Waals surface area contributed by atoms with Crippen LogP contribution in [0.15, 0.2) is 54.2 Å². The molecule has 1 atom stereocenters. The SMILES string of the molecule is CC1Cn2nc(-c3ccc4ccsc4c3)c(-c3ccncc3)c2CN1C(=O)OC(C)(C)C. The van der Waals surface area contributed by atoms with E-state index < -0.39 is 5.60 Å². The van der Waals surface area contributed by atoms with Crippen molar-refractivity contribution in [3.05, 3.63) is 59.9 Å². The van der Waals surface area contributed by atoms with Gasteiger partial charge in [0.2, 0.25) is 0 Å². The number of benzene rings is 1. The minimum atomic E-state index is -0.538.